The molecule has 13 aromatic rings. The van der Waals surface area contributed by atoms with Gasteiger partial charge in [-0.05, 0) is 47.9 Å². The highest BCUT2D eigenvalue weighted by Gasteiger charge is 2.38. The zero-order chi connectivity index (χ0) is 92.0. The number of fused-ring (bicyclic) bond motifs is 4. The number of imidazole rings is 4. The number of ether oxygens (including phenoxy) is 4. The summed E-state index contributed by atoms with van der Waals surface area (Å²) in [6, 6.07) is 36.2. The highest BCUT2D eigenvalue weighted by Crippen LogP contribution is 2.58. The Balaban J connectivity index is 0.000000151. The van der Waals surface area contributed by atoms with E-state index in [0.29, 0.717) is 90.9 Å². The maximum absolute atomic E-state index is 13.5. The van der Waals surface area contributed by atoms with Gasteiger partial charge in [0.2, 0.25) is 34.0 Å². The van der Waals surface area contributed by atoms with Crippen LogP contribution in [0.5, 0.6) is 0 Å². The van der Waals surface area contributed by atoms with Crippen molar-refractivity contribution < 1.29 is 87.4 Å². The molecule has 0 saturated carbocycles. The van der Waals surface area contributed by atoms with Crippen LogP contribution in [0.15, 0.2) is 172 Å². The summed E-state index contributed by atoms with van der Waals surface area (Å²) in [5, 5.41) is 0.266. The molecule has 3 aliphatic rings. The molecule has 12 N–H and O–H groups in total. The lowest BCUT2D eigenvalue weighted by atomic mass is 10.1. The SMILES string of the molecule is Nc1nc2c(ncn2CCOCP2(=O)OCCC(c3ccc(Cl)cc3)O2)c(=O)[nH]1.Nc1nc2c(ncn2CCOCP2(=O)OCCC(c3ccc(F)cc3)O2)c(=O)[nH]1.Nc1nc2c(ncn2CCOCP2(=O)OCCC(c3ccccc3)O2)c(=O)[nH]1.[C-]#[N+]c1ccc(C(=O)SCCOP(=O)(COCCn2cnc3c(=O)[nH]c(N)nc32)OCCSC(=O)c2ccc(C)cc2)cc1. The van der Waals surface area contributed by atoms with Crippen molar-refractivity contribution >= 4 is 150 Å². The Bertz CT molecular complexity index is 6430. The number of halogens is 2. The molecule has 0 aliphatic carbocycles. The Morgan fingerprint density at radius 3 is 1.18 bits per heavy atom. The van der Waals surface area contributed by atoms with Gasteiger partial charge in [-0.25, -0.2) is 29.2 Å². The number of anilines is 4. The highest BCUT2D eigenvalue weighted by atomic mass is 35.5. The zero-order valence-electron chi connectivity index (χ0n) is 69.2. The van der Waals surface area contributed by atoms with E-state index in [1.54, 1.807) is 78.9 Å². The van der Waals surface area contributed by atoms with Gasteiger partial charge in [-0.2, -0.15) is 19.9 Å². The second-order valence-corrected chi connectivity index (χ2v) is 38.9. The Labute approximate surface area is 750 Å². The maximum atomic E-state index is 13.5. The second-order valence-electron chi connectivity index (χ2n) is 28.5. The van der Waals surface area contributed by atoms with Crippen molar-refractivity contribution in [2.75, 3.05) is 119 Å². The van der Waals surface area contributed by atoms with Crippen LogP contribution >= 0.6 is 65.5 Å². The van der Waals surface area contributed by atoms with Gasteiger partial charge in [-0.3, -0.25) is 80.5 Å². The molecule has 5 aromatic carbocycles. The largest absolute Gasteiger partial charge is 0.369 e. The molecule has 11 heterocycles. The summed E-state index contributed by atoms with van der Waals surface area (Å²) in [6.45, 7) is 11.6. The first-order chi connectivity index (χ1) is 62.6. The Kier molecular flexibility index (Phi) is 33.5. The Hall–Kier alpha value is -11.1. The molecule has 16 rings (SSSR count). The van der Waals surface area contributed by atoms with E-state index >= 15 is 0 Å². The highest BCUT2D eigenvalue weighted by molar-refractivity contribution is 8.14. The van der Waals surface area contributed by atoms with Crippen molar-refractivity contribution in [3.05, 3.63) is 250 Å². The van der Waals surface area contributed by atoms with Crippen LogP contribution in [-0.2, 0) is 99.6 Å². The van der Waals surface area contributed by atoms with Crippen LogP contribution in [0.3, 0.4) is 0 Å². The van der Waals surface area contributed by atoms with Crippen LogP contribution in [0, 0.1) is 19.3 Å². The molecule has 8 aromatic heterocycles. The standard InChI is InChI=1S/C28H29N6O7PS2.C17H19ClN5O5P.C17H19FN5O5P.C17H20N5O5P/c1-19-3-5-20(6-4-19)26(36)43-15-13-40-42(38,41-14-16-44-27(37)21-7-9-22(30-2)10-8-21)18-39-12-11-34-17-31-23-24(34)32-28(29)33-25(23)35;2*18-12-3-1-11(2-4-12)13-5-7-27-29(25,28-13)10-26-8-6-23-9-20-14-15(23)21-17(19)22-16(14)24;18-17-20-15-14(16(23)21-17)19-10-22(15)7-9-25-11-28(24)26-8-6-13(27-28)12-4-2-1-3-5-12/h3-10,17H,11-16,18H2,1H3,(H3,29,32,33,35);2*1-4,9,13H,5-8,10H2,(H3,19,21,22,24);1-5,10,13H,6-9,11H2,(H3,18,20,21,23). The number of rotatable bonds is 33. The topological polar surface area (TPSA) is 576 Å². The first kappa shape index (κ1) is 96.4. The fourth-order valence-corrected chi connectivity index (χ4v) is 20.4. The predicted octanol–water partition coefficient (Wildman–Crippen LogP) is 11.8. The predicted molar refractivity (Wildman–Crippen MR) is 481 cm³/mol. The van der Waals surface area contributed by atoms with Crippen LogP contribution in [0.25, 0.3) is 49.5 Å². The van der Waals surface area contributed by atoms with Crippen LogP contribution in [0.2, 0.25) is 5.02 Å². The number of nitrogens with two attached hydrogens (primary N) is 4. The summed E-state index contributed by atoms with van der Waals surface area (Å²) in [5.74, 6) is 0.0405. The van der Waals surface area contributed by atoms with Crippen molar-refractivity contribution in [2.24, 2.45) is 0 Å². The summed E-state index contributed by atoms with van der Waals surface area (Å²) in [4.78, 5) is 118. The summed E-state index contributed by atoms with van der Waals surface area (Å²) in [7, 11) is -14.0. The molecule has 0 spiro atoms. The van der Waals surface area contributed by atoms with Gasteiger partial charge < -0.3 is 82.8 Å². The van der Waals surface area contributed by atoms with Crippen molar-refractivity contribution in [3.8, 4) is 0 Å². The van der Waals surface area contributed by atoms with E-state index in [4.69, 9.17) is 96.2 Å². The number of H-pyrrole nitrogens is 4. The minimum atomic E-state index is -3.79. The van der Waals surface area contributed by atoms with Crippen molar-refractivity contribution in [1.29, 1.82) is 0 Å². The molecule has 51 heteroatoms. The number of nitrogens with one attached hydrogen (secondary N) is 4. The number of benzene rings is 5. The number of thioether (sulfide) groups is 2. The molecular formula is C79H87ClFN21O22P4S2. The van der Waals surface area contributed by atoms with Crippen LogP contribution in [-0.4, -0.2) is 185 Å². The molecule has 686 valence electrons. The molecule has 3 aliphatic heterocycles. The number of nitrogen functional groups attached to an aromatic ring is 4. The zero-order valence-corrected chi connectivity index (χ0v) is 75.2. The third kappa shape index (κ3) is 26.6. The number of hydrogen-bond donors (Lipinski definition) is 8. The maximum Gasteiger partial charge on any atom is 0.356 e. The molecule has 3 saturated heterocycles. The monoisotopic (exact) mass is 1920 g/mol. The van der Waals surface area contributed by atoms with Gasteiger partial charge in [0, 0.05) is 73.1 Å². The van der Waals surface area contributed by atoms with Crippen LogP contribution < -0.4 is 45.2 Å². The number of carbonyl (C=O) groups is 2. The number of aryl methyl sites for hydroxylation is 1. The van der Waals surface area contributed by atoms with Gasteiger partial charge in [-0.1, -0.05) is 144 Å². The molecule has 7 unspecified atom stereocenters. The summed E-state index contributed by atoms with van der Waals surface area (Å²) < 4.78 is 138. The van der Waals surface area contributed by atoms with Crippen molar-refractivity contribution in [1.82, 2.24) is 78.1 Å². The second kappa shape index (κ2) is 45.1. The van der Waals surface area contributed by atoms with Gasteiger partial charge in [0.05, 0.1) is 110 Å². The lowest BCUT2D eigenvalue weighted by molar-refractivity contribution is 0.0559. The van der Waals surface area contributed by atoms with Gasteiger partial charge in [-0.15, -0.1) is 0 Å². The van der Waals surface area contributed by atoms with Crippen LogP contribution in [0.4, 0.5) is 33.9 Å². The first-order valence-corrected chi connectivity index (χ1v) is 49.1. The van der Waals surface area contributed by atoms with E-state index in [9.17, 15) is 51.4 Å². The van der Waals surface area contributed by atoms with Crippen LogP contribution in [0.1, 0.15) is 80.5 Å². The number of aromatic nitrogens is 16. The summed E-state index contributed by atoms with van der Waals surface area (Å²) in [5.41, 5.74) is 27.7. The van der Waals surface area contributed by atoms with Gasteiger partial charge in [0.15, 0.2) is 50.3 Å². The van der Waals surface area contributed by atoms with E-state index in [-0.39, 0.29) is 169 Å². The quantitative estimate of drug-likeness (QED) is 0.0108. The van der Waals surface area contributed by atoms with Gasteiger partial charge in [0.25, 0.3) is 22.2 Å². The minimum Gasteiger partial charge on any atom is -0.369 e. The summed E-state index contributed by atoms with van der Waals surface area (Å²) >= 11 is 7.93. The average molecular weight is 1930 g/mol. The number of hydrogen-bond acceptors (Lipinski definition) is 36. The molecule has 130 heavy (non-hydrogen) atoms. The fraction of sp³-hybridized carbons (Fsp3) is 0.329. The Morgan fingerprint density at radius 2 is 0.823 bits per heavy atom. The smallest absolute Gasteiger partial charge is 0.356 e. The normalized spacial score (nSPS) is 19.0. The molecule has 0 amide bonds. The van der Waals surface area contributed by atoms with Crippen molar-refractivity contribution in [2.45, 2.75) is 70.7 Å². The molecular weight excluding hydrogens is 1840 g/mol. The molecule has 43 nitrogen and oxygen atoms in total. The van der Waals surface area contributed by atoms with E-state index in [2.05, 4.69) is 64.7 Å². The molecule has 3 fully saturated rings. The Morgan fingerprint density at radius 1 is 0.492 bits per heavy atom. The molecule has 7 atom stereocenters. The van der Waals surface area contributed by atoms with E-state index in [1.807, 2.05) is 61.5 Å². The number of nitrogens with zero attached hydrogens (tertiary/aromatic N) is 13. The van der Waals surface area contributed by atoms with Crippen molar-refractivity contribution in [3.63, 3.8) is 0 Å². The van der Waals surface area contributed by atoms with Gasteiger partial charge >= 0.3 is 30.4 Å². The van der Waals surface area contributed by atoms with E-state index in [1.165, 1.54) is 37.4 Å². The molecule has 0 radical (unpaired) electrons. The lowest BCUT2D eigenvalue weighted by Gasteiger charge is -2.29. The summed E-state index contributed by atoms with van der Waals surface area (Å²) in [6.07, 6.45) is 5.56. The van der Waals surface area contributed by atoms with E-state index in [0.717, 1.165) is 45.8 Å². The third-order valence-corrected chi connectivity index (χ3v) is 27.7. The fourth-order valence-electron chi connectivity index (χ4n) is 12.8. The van der Waals surface area contributed by atoms with E-state index < -0.39 is 58.7 Å². The third-order valence-electron chi connectivity index (χ3n) is 19.1. The lowest BCUT2D eigenvalue weighted by Crippen LogP contribution is -2.17. The van der Waals surface area contributed by atoms with Gasteiger partial charge in [0.1, 0.15) is 31.2 Å². The molecule has 0 bridgehead atoms. The number of aromatic amines is 4. The minimum absolute atomic E-state index is 0.00634. The number of carbonyl (C=O) groups excluding carboxylic acids is 2. The average Bonchev–Trinajstić information content (AvgIpc) is 1.66. The first-order valence-electron chi connectivity index (χ1n) is 39.8.